The first-order valence-corrected chi connectivity index (χ1v) is 4.85. The number of nitrogens with zero attached hydrogens (tertiary/aromatic N) is 2. The molecule has 1 heterocycles. The first kappa shape index (κ1) is 9.71. The summed E-state index contributed by atoms with van der Waals surface area (Å²) in [6, 6.07) is 5.78. The van der Waals surface area contributed by atoms with Crippen LogP contribution < -0.4 is 10.5 Å². The second-order valence-corrected chi connectivity index (χ2v) is 3.24. The molecule has 0 aliphatic heterocycles. The number of fused-ring (bicyclic) bond motifs is 1. The molecule has 0 fully saturated rings. The van der Waals surface area contributed by atoms with E-state index in [1.165, 1.54) is 0 Å². The normalized spacial score (nSPS) is 10.5. The second kappa shape index (κ2) is 3.73. The molecule has 0 aliphatic carbocycles. The molecule has 0 saturated heterocycles. The lowest BCUT2D eigenvalue weighted by atomic mass is 10.1. The van der Waals surface area contributed by atoms with Gasteiger partial charge in [0, 0.05) is 5.39 Å². The number of aromatic nitrogens is 2. The Bertz CT molecular complexity index is 496. The molecule has 0 radical (unpaired) electrons. The zero-order valence-electron chi connectivity index (χ0n) is 8.82. The van der Waals surface area contributed by atoms with E-state index in [-0.39, 0.29) is 0 Å². The van der Waals surface area contributed by atoms with Crippen LogP contribution in [0.2, 0.25) is 0 Å². The molecular weight excluding hydrogens is 190 g/mol. The van der Waals surface area contributed by atoms with Gasteiger partial charge in [0.25, 0.3) is 0 Å². The topological polar surface area (TPSA) is 61.0 Å². The van der Waals surface area contributed by atoms with E-state index < -0.39 is 0 Å². The van der Waals surface area contributed by atoms with Gasteiger partial charge in [0.05, 0.1) is 12.8 Å². The minimum atomic E-state index is 0.295. The Morgan fingerprint density at radius 3 is 2.80 bits per heavy atom. The molecule has 0 amide bonds. The van der Waals surface area contributed by atoms with Gasteiger partial charge in [-0.05, 0) is 12.5 Å². The highest BCUT2D eigenvalue weighted by Crippen LogP contribution is 2.25. The molecule has 0 saturated carbocycles. The van der Waals surface area contributed by atoms with E-state index in [1.807, 2.05) is 25.1 Å². The average Bonchev–Trinajstić information content (AvgIpc) is 2.27. The van der Waals surface area contributed by atoms with Gasteiger partial charge in [0.2, 0.25) is 5.95 Å². The molecule has 2 N–H and O–H groups in total. The third-order valence-corrected chi connectivity index (χ3v) is 2.34. The third kappa shape index (κ3) is 1.58. The molecule has 2 rings (SSSR count). The van der Waals surface area contributed by atoms with Gasteiger partial charge in [-0.2, -0.15) is 0 Å². The van der Waals surface area contributed by atoms with Gasteiger partial charge >= 0.3 is 0 Å². The van der Waals surface area contributed by atoms with E-state index in [4.69, 9.17) is 10.5 Å². The first-order chi connectivity index (χ1) is 7.26. The van der Waals surface area contributed by atoms with Crippen molar-refractivity contribution in [2.75, 3.05) is 12.8 Å². The highest BCUT2D eigenvalue weighted by molar-refractivity contribution is 5.87. The number of anilines is 1. The number of hydrogen-bond donors (Lipinski definition) is 1. The summed E-state index contributed by atoms with van der Waals surface area (Å²) in [4.78, 5) is 8.40. The van der Waals surface area contributed by atoms with Crippen LogP contribution in [-0.2, 0) is 6.42 Å². The smallest absolute Gasteiger partial charge is 0.220 e. The van der Waals surface area contributed by atoms with Gasteiger partial charge in [-0.15, -0.1) is 0 Å². The van der Waals surface area contributed by atoms with E-state index in [1.54, 1.807) is 7.11 Å². The Morgan fingerprint density at radius 2 is 2.13 bits per heavy atom. The summed E-state index contributed by atoms with van der Waals surface area (Å²) in [6.07, 6.45) is 0.830. The molecular formula is C11H13N3O. The number of methoxy groups -OCH3 is 1. The predicted molar refractivity (Wildman–Crippen MR) is 59.9 cm³/mol. The summed E-state index contributed by atoms with van der Waals surface area (Å²) >= 11 is 0. The number of nitrogens with two attached hydrogens (primary N) is 1. The number of para-hydroxylation sites is 1. The van der Waals surface area contributed by atoms with Crippen molar-refractivity contribution in [3.63, 3.8) is 0 Å². The maximum absolute atomic E-state index is 5.65. The Labute approximate surface area is 88.1 Å². The molecule has 0 aliphatic rings. The fourth-order valence-electron chi connectivity index (χ4n) is 1.64. The molecule has 2 aromatic rings. The lowest BCUT2D eigenvalue weighted by Crippen LogP contribution is -2.01. The molecule has 4 nitrogen and oxygen atoms in total. The summed E-state index contributed by atoms with van der Waals surface area (Å²) in [5.74, 6) is 1.03. The predicted octanol–water partition coefficient (Wildman–Crippen LogP) is 1.78. The maximum atomic E-state index is 5.65. The van der Waals surface area contributed by atoms with Crippen molar-refractivity contribution in [1.29, 1.82) is 0 Å². The summed E-state index contributed by atoms with van der Waals surface area (Å²) < 4.78 is 5.24. The van der Waals surface area contributed by atoms with E-state index in [0.29, 0.717) is 5.95 Å². The molecule has 0 unspecified atom stereocenters. The summed E-state index contributed by atoms with van der Waals surface area (Å²) in [6.45, 7) is 2.04. The Kier molecular flexibility index (Phi) is 2.41. The fourth-order valence-corrected chi connectivity index (χ4v) is 1.64. The summed E-state index contributed by atoms with van der Waals surface area (Å²) in [7, 11) is 1.62. The number of aryl methyl sites for hydroxylation is 1. The molecule has 78 valence electrons. The lowest BCUT2D eigenvalue weighted by molar-refractivity contribution is 0.419. The Hall–Kier alpha value is -1.84. The SMILES string of the molecule is CCc1nc(N)nc2c(OC)cccc12. The van der Waals surface area contributed by atoms with E-state index in [0.717, 1.165) is 28.8 Å². The fraction of sp³-hybridized carbons (Fsp3) is 0.273. The van der Waals surface area contributed by atoms with Crippen LogP contribution in [0.3, 0.4) is 0 Å². The largest absolute Gasteiger partial charge is 0.494 e. The van der Waals surface area contributed by atoms with Crippen LogP contribution >= 0.6 is 0 Å². The highest BCUT2D eigenvalue weighted by Gasteiger charge is 2.08. The average molecular weight is 203 g/mol. The number of ether oxygens (including phenoxy) is 1. The van der Waals surface area contributed by atoms with Crippen LogP contribution in [-0.4, -0.2) is 17.1 Å². The second-order valence-electron chi connectivity index (χ2n) is 3.24. The molecule has 1 aromatic carbocycles. The lowest BCUT2D eigenvalue weighted by Gasteiger charge is -2.07. The summed E-state index contributed by atoms with van der Waals surface area (Å²) in [5, 5.41) is 1.01. The zero-order valence-corrected chi connectivity index (χ0v) is 8.82. The van der Waals surface area contributed by atoms with Crippen LogP contribution in [0.5, 0.6) is 5.75 Å². The number of nitrogen functional groups attached to an aromatic ring is 1. The van der Waals surface area contributed by atoms with Crippen molar-refractivity contribution < 1.29 is 4.74 Å². The van der Waals surface area contributed by atoms with Gasteiger partial charge in [0.15, 0.2) is 0 Å². The molecule has 1 aromatic heterocycles. The van der Waals surface area contributed by atoms with Crippen molar-refractivity contribution in [3.05, 3.63) is 23.9 Å². The van der Waals surface area contributed by atoms with Gasteiger partial charge < -0.3 is 10.5 Å². The van der Waals surface area contributed by atoms with Crippen LogP contribution in [0, 0.1) is 0 Å². The maximum Gasteiger partial charge on any atom is 0.220 e. The van der Waals surface area contributed by atoms with Gasteiger partial charge in [-0.1, -0.05) is 19.1 Å². The van der Waals surface area contributed by atoms with E-state index in [2.05, 4.69) is 9.97 Å². The van der Waals surface area contributed by atoms with Crippen molar-refractivity contribution in [2.45, 2.75) is 13.3 Å². The molecule has 0 atom stereocenters. The number of hydrogen-bond acceptors (Lipinski definition) is 4. The van der Waals surface area contributed by atoms with Crippen LogP contribution in [0.15, 0.2) is 18.2 Å². The van der Waals surface area contributed by atoms with Crippen LogP contribution in [0.1, 0.15) is 12.6 Å². The quantitative estimate of drug-likeness (QED) is 0.808. The third-order valence-electron chi connectivity index (χ3n) is 2.34. The van der Waals surface area contributed by atoms with Crippen molar-refractivity contribution in [2.24, 2.45) is 0 Å². The molecule has 0 bridgehead atoms. The molecule has 4 heteroatoms. The monoisotopic (exact) mass is 203 g/mol. The van der Waals surface area contributed by atoms with Gasteiger partial charge in [-0.3, -0.25) is 0 Å². The first-order valence-electron chi connectivity index (χ1n) is 4.85. The minimum Gasteiger partial charge on any atom is -0.494 e. The van der Waals surface area contributed by atoms with Crippen molar-refractivity contribution in [3.8, 4) is 5.75 Å². The van der Waals surface area contributed by atoms with E-state index in [9.17, 15) is 0 Å². The minimum absolute atomic E-state index is 0.295. The molecule has 15 heavy (non-hydrogen) atoms. The Balaban J connectivity index is 2.82. The van der Waals surface area contributed by atoms with Crippen LogP contribution in [0.25, 0.3) is 10.9 Å². The van der Waals surface area contributed by atoms with Crippen molar-refractivity contribution >= 4 is 16.9 Å². The highest BCUT2D eigenvalue weighted by atomic mass is 16.5. The van der Waals surface area contributed by atoms with Crippen molar-refractivity contribution in [1.82, 2.24) is 9.97 Å². The van der Waals surface area contributed by atoms with Gasteiger partial charge in [-0.25, -0.2) is 9.97 Å². The summed E-state index contributed by atoms with van der Waals surface area (Å²) in [5.41, 5.74) is 7.38. The van der Waals surface area contributed by atoms with Crippen LogP contribution in [0.4, 0.5) is 5.95 Å². The van der Waals surface area contributed by atoms with E-state index >= 15 is 0 Å². The zero-order chi connectivity index (χ0) is 10.8. The molecule has 0 spiro atoms. The Morgan fingerprint density at radius 1 is 1.33 bits per heavy atom. The number of rotatable bonds is 2. The van der Waals surface area contributed by atoms with Gasteiger partial charge in [0.1, 0.15) is 11.3 Å². The number of benzene rings is 1. The standard InChI is InChI=1S/C11H13N3O/c1-3-8-7-5-4-6-9(15-2)10(7)14-11(12)13-8/h4-6H,3H2,1-2H3,(H2,12,13,14).